The first-order valence-electron chi connectivity index (χ1n) is 5.73. The molecule has 2 N–H and O–H groups in total. The fraction of sp³-hybridized carbons (Fsp3) is 1.00. The number of hydrogen-bond acceptors (Lipinski definition) is 2. The van der Waals surface area contributed by atoms with Gasteiger partial charge < -0.3 is 5.73 Å². The normalized spacial score (nSPS) is 27.5. The number of piperidine rings is 1. The highest BCUT2D eigenvalue weighted by Crippen LogP contribution is 2.16. The molecule has 1 heterocycles. The lowest BCUT2D eigenvalue weighted by molar-refractivity contribution is 0.149. The van der Waals surface area contributed by atoms with Crippen LogP contribution in [-0.4, -0.2) is 30.1 Å². The van der Waals surface area contributed by atoms with Crippen LogP contribution in [0.3, 0.4) is 0 Å². The van der Waals surface area contributed by atoms with E-state index in [2.05, 4.69) is 18.7 Å². The molecule has 1 aliphatic rings. The number of likely N-dealkylation sites (tertiary alicyclic amines) is 1. The van der Waals surface area contributed by atoms with Gasteiger partial charge in [-0.25, -0.2) is 0 Å². The van der Waals surface area contributed by atoms with Crippen molar-refractivity contribution < 1.29 is 0 Å². The first-order valence-corrected chi connectivity index (χ1v) is 5.73. The minimum absolute atomic E-state index is 0.394. The summed E-state index contributed by atoms with van der Waals surface area (Å²) < 4.78 is 0. The van der Waals surface area contributed by atoms with Gasteiger partial charge in [-0.05, 0) is 32.7 Å². The molecule has 1 fully saturated rings. The smallest absolute Gasteiger partial charge is 0.0167 e. The predicted molar refractivity (Wildman–Crippen MR) is 57.8 cm³/mol. The molecule has 0 aromatic rings. The molecular weight excluding hydrogens is 160 g/mol. The molecular formula is C11H24N2. The van der Waals surface area contributed by atoms with Crippen LogP contribution in [0.4, 0.5) is 0 Å². The summed E-state index contributed by atoms with van der Waals surface area (Å²) in [6.07, 6.45) is 6.51. The van der Waals surface area contributed by atoms with Crippen LogP contribution in [-0.2, 0) is 0 Å². The molecule has 0 aromatic carbocycles. The third-order valence-electron chi connectivity index (χ3n) is 3.07. The summed E-state index contributed by atoms with van der Waals surface area (Å²) in [5, 5.41) is 0. The Morgan fingerprint density at radius 1 is 1.46 bits per heavy atom. The molecule has 0 bridgehead atoms. The van der Waals surface area contributed by atoms with Crippen LogP contribution in [0.1, 0.15) is 46.0 Å². The lowest BCUT2D eigenvalue weighted by atomic mass is 10.0. The molecule has 1 saturated heterocycles. The molecule has 2 heteroatoms. The first-order chi connectivity index (χ1) is 6.24. The van der Waals surface area contributed by atoms with Crippen molar-refractivity contribution in [2.24, 2.45) is 5.73 Å². The lowest BCUT2D eigenvalue weighted by Crippen LogP contribution is -2.44. The van der Waals surface area contributed by atoms with Crippen LogP contribution in [0.5, 0.6) is 0 Å². The second kappa shape index (κ2) is 5.61. The second-order valence-corrected chi connectivity index (χ2v) is 4.39. The van der Waals surface area contributed by atoms with Crippen molar-refractivity contribution in [3.8, 4) is 0 Å². The van der Waals surface area contributed by atoms with Gasteiger partial charge in [-0.15, -0.1) is 0 Å². The maximum Gasteiger partial charge on any atom is 0.0167 e. The summed E-state index contributed by atoms with van der Waals surface area (Å²) in [6.45, 7) is 6.91. The van der Waals surface area contributed by atoms with Gasteiger partial charge >= 0.3 is 0 Å². The van der Waals surface area contributed by atoms with Crippen molar-refractivity contribution in [3.63, 3.8) is 0 Å². The van der Waals surface area contributed by atoms with Gasteiger partial charge in [-0.2, -0.15) is 0 Å². The summed E-state index contributed by atoms with van der Waals surface area (Å²) in [7, 11) is 0. The molecule has 2 atom stereocenters. The summed E-state index contributed by atoms with van der Waals surface area (Å²) in [6, 6.07) is 1.15. The van der Waals surface area contributed by atoms with E-state index in [9.17, 15) is 0 Å². The third kappa shape index (κ3) is 3.65. The second-order valence-electron chi connectivity index (χ2n) is 4.39. The van der Waals surface area contributed by atoms with E-state index in [-0.39, 0.29) is 0 Å². The van der Waals surface area contributed by atoms with Gasteiger partial charge in [-0.1, -0.05) is 19.8 Å². The molecule has 1 unspecified atom stereocenters. The van der Waals surface area contributed by atoms with Crippen LogP contribution in [0.25, 0.3) is 0 Å². The van der Waals surface area contributed by atoms with Gasteiger partial charge in [0.1, 0.15) is 0 Å². The minimum Gasteiger partial charge on any atom is -0.327 e. The Balaban J connectivity index is 2.25. The van der Waals surface area contributed by atoms with E-state index in [0.29, 0.717) is 6.04 Å². The third-order valence-corrected chi connectivity index (χ3v) is 3.07. The molecule has 1 rings (SSSR count). The van der Waals surface area contributed by atoms with Gasteiger partial charge in [0, 0.05) is 18.6 Å². The fourth-order valence-corrected chi connectivity index (χ4v) is 2.19. The average molecular weight is 184 g/mol. The molecule has 0 radical (unpaired) electrons. The molecule has 2 nitrogen and oxygen atoms in total. The molecule has 78 valence electrons. The van der Waals surface area contributed by atoms with Crippen LogP contribution in [0, 0.1) is 0 Å². The zero-order valence-electron chi connectivity index (χ0n) is 9.13. The number of nitrogens with zero attached hydrogens (tertiary/aromatic N) is 1. The maximum atomic E-state index is 6.04. The van der Waals surface area contributed by atoms with Crippen molar-refractivity contribution in [1.82, 2.24) is 4.90 Å². The molecule has 0 aromatic heterocycles. The van der Waals surface area contributed by atoms with E-state index in [1.807, 2.05) is 0 Å². The van der Waals surface area contributed by atoms with E-state index in [1.165, 1.54) is 38.6 Å². The molecule has 0 saturated carbocycles. The highest BCUT2D eigenvalue weighted by atomic mass is 15.2. The predicted octanol–water partition coefficient (Wildman–Crippen LogP) is 1.99. The van der Waals surface area contributed by atoms with Crippen molar-refractivity contribution >= 4 is 0 Å². The minimum atomic E-state index is 0.394. The van der Waals surface area contributed by atoms with Gasteiger partial charge in [0.15, 0.2) is 0 Å². The zero-order chi connectivity index (χ0) is 9.68. The Morgan fingerprint density at radius 3 is 2.85 bits per heavy atom. The largest absolute Gasteiger partial charge is 0.327 e. The van der Waals surface area contributed by atoms with Crippen molar-refractivity contribution in [2.45, 2.75) is 58.0 Å². The van der Waals surface area contributed by atoms with Crippen LogP contribution < -0.4 is 5.73 Å². The molecule has 0 spiro atoms. The van der Waals surface area contributed by atoms with Crippen LogP contribution in [0.15, 0.2) is 0 Å². The highest BCUT2D eigenvalue weighted by Gasteiger charge is 2.19. The maximum absolute atomic E-state index is 6.04. The summed E-state index contributed by atoms with van der Waals surface area (Å²) in [5.74, 6) is 0. The summed E-state index contributed by atoms with van der Waals surface area (Å²) >= 11 is 0. The van der Waals surface area contributed by atoms with Crippen LogP contribution >= 0.6 is 0 Å². The summed E-state index contributed by atoms with van der Waals surface area (Å²) in [4.78, 5) is 2.56. The van der Waals surface area contributed by atoms with E-state index in [1.54, 1.807) is 0 Å². The Morgan fingerprint density at radius 2 is 2.23 bits per heavy atom. The van der Waals surface area contributed by atoms with Gasteiger partial charge in [0.05, 0.1) is 0 Å². The first kappa shape index (κ1) is 11.0. The van der Waals surface area contributed by atoms with E-state index >= 15 is 0 Å². The number of hydrogen-bond donors (Lipinski definition) is 1. The standard InChI is InChI=1S/C11H24N2/c1-3-6-11(12)9-13-8-5-4-7-10(13)2/h10-11H,3-9,12H2,1-2H3/t10?,11-/m0/s1. The molecule has 0 amide bonds. The average Bonchev–Trinajstić information content (AvgIpc) is 2.09. The van der Waals surface area contributed by atoms with Crippen LogP contribution in [0.2, 0.25) is 0 Å². The Kier molecular flexibility index (Phi) is 4.74. The zero-order valence-corrected chi connectivity index (χ0v) is 9.13. The van der Waals surface area contributed by atoms with Crippen molar-refractivity contribution in [3.05, 3.63) is 0 Å². The summed E-state index contributed by atoms with van der Waals surface area (Å²) in [5.41, 5.74) is 6.04. The highest BCUT2D eigenvalue weighted by molar-refractivity contribution is 4.76. The van der Waals surface area contributed by atoms with Crippen molar-refractivity contribution in [2.75, 3.05) is 13.1 Å². The van der Waals surface area contributed by atoms with Gasteiger partial charge in [-0.3, -0.25) is 4.90 Å². The monoisotopic (exact) mass is 184 g/mol. The SMILES string of the molecule is CCC[C@H](N)CN1CCCCC1C. The fourth-order valence-electron chi connectivity index (χ4n) is 2.19. The Hall–Kier alpha value is -0.0800. The number of rotatable bonds is 4. The Labute approximate surface area is 82.5 Å². The van der Waals surface area contributed by atoms with E-state index in [4.69, 9.17) is 5.73 Å². The topological polar surface area (TPSA) is 29.3 Å². The lowest BCUT2D eigenvalue weighted by Gasteiger charge is -2.35. The molecule has 0 aliphatic carbocycles. The number of nitrogens with two attached hydrogens (primary N) is 1. The van der Waals surface area contributed by atoms with Gasteiger partial charge in [0.25, 0.3) is 0 Å². The van der Waals surface area contributed by atoms with Gasteiger partial charge in [0.2, 0.25) is 0 Å². The Bertz CT molecular complexity index is 136. The van der Waals surface area contributed by atoms with E-state index < -0.39 is 0 Å². The molecule has 1 aliphatic heterocycles. The van der Waals surface area contributed by atoms with E-state index in [0.717, 1.165) is 12.6 Å². The van der Waals surface area contributed by atoms with Crippen molar-refractivity contribution in [1.29, 1.82) is 0 Å². The quantitative estimate of drug-likeness (QED) is 0.724. The molecule has 13 heavy (non-hydrogen) atoms.